The van der Waals surface area contributed by atoms with Crippen molar-refractivity contribution in [3.05, 3.63) is 59.1 Å². The van der Waals surface area contributed by atoms with Crippen molar-refractivity contribution in [2.24, 2.45) is 0 Å². The molecule has 2 heterocycles. The molecule has 2 aliphatic heterocycles. The van der Waals surface area contributed by atoms with E-state index in [0.717, 1.165) is 37.7 Å². The summed E-state index contributed by atoms with van der Waals surface area (Å²) in [6.45, 7) is 4.82. The molecule has 2 aliphatic rings. The van der Waals surface area contributed by atoms with Crippen LogP contribution in [0.2, 0.25) is 5.02 Å². The molecule has 0 aromatic heterocycles. The maximum absolute atomic E-state index is 12.8. The fourth-order valence-electron chi connectivity index (χ4n) is 3.94. The second-order valence-electron chi connectivity index (χ2n) is 7.42. The van der Waals surface area contributed by atoms with Gasteiger partial charge in [0, 0.05) is 49.0 Å². The van der Waals surface area contributed by atoms with E-state index in [9.17, 15) is 13.2 Å². The Labute approximate surface area is 176 Å². The summed E-state index contributed by atoms with van der Waals surface area (Å²) in [7, 11) is -3.59. The Hall–Kier alpha value is -1.93. The van der Waals surface area contributed by atoms with Crippen molar-refractivity contribution in [3.8, 4) is 0 Å². The summed E-state index contributed by atoms with van der Waals surface area (Å²) in [5, 5.41) is 0.737. The van der Waals surface area contributed by atoms with Crippen LogP contribution in [0.25, 0.3) is 0 Å². The third kappa shape index (κ3) is 4.33. The molecular formula is C21H24ClN3O3S. The molecule has 0 bridgehead atoms. The average molecular weight is 434 g/mol. The lowest BCUT2D eigenvalue weighted by atomic mass is 10.1. The van der Waals surface area contributed by atoms with Gasteiger partial charge >= 0.3 is 0 Å². The van der Waals surface area contributed by atoms with E-state index >= 15 is 0 Å². The van der Waals surface area contributed by atoms with Crippen LogP contribution in [0.15, 0.2) is 53.4 Å². The normalized spacial score (nSPS) is 19.9. The average Bonchev–Trinajstić information content (AvgIpc) is 2.73. The standard InChI is InChI=1S/C21H24ClN3O3S/c22-17-6-8-18(9-7-17)24-14-12-23(13-15-24)10-3-11-25-16-20(26)19-4-1-2-5-21(19)29(25,27)28/h1-2,4-9H,3,10-16H2. The number of rotatable bonds is 5. The Balaban J connectivity index is 1.29. The van der Waals surface area contributed by atoms with Gasteiger partial charge in [-0.25, -0.2) is 8.42 Å². The van der Waals surface area contributed by atoms with Gasteiger partial charge in [-0.05, 0) is 49.4 Å². The fourth-order valence-corrected chi connectivity index (χ4v) is 5.71. The number of carbonyl (C=O) groups excluding carboxylic acids is 1. The minimum atomic E-state index is -3.59. The third-order valence-electron chi connectivity index (χ3n) is 5.57. The predicted octanol–water partition coefficient (Wildman–Crippen LogP) is 2.74. The van der Waals surface area contributed by atoms with E-state index in [1.807, 2.05) is 24.3 Å². The van der Waals surface area contributed by atoms with Gasteiger partial charge in [-0.15, -0.1) is 0 Å². The van der Waals surface area contributed by atoms with Crippen LogP contribution in [0, 0.1) is 0 Å². The number of ketones is 1. The highest BCUT2D eigenvalue weighted by atomic mass is 35.5. The molecule has 6 nitrogen and oxygen atoms in total. The molecule has 2 aromatic carbocycles. The topological polar surface area (TPSA) is 60.9 Å². The Bertz CT molecular complexity index is 986. The smallest absolute Gasteiger partial charge is 0.244 e. The highest BCUT2D eigenvalue weighted by molar-refractivity contribution is 7.89. The van der Waals surface area contributed by atoms with E-state index in [4.69, 9.17) is 11.6 Å². The maximum atomic E-state index is 12.8. The summed E-state index contributed by atoms with van der Waals surface area (Å²) in [6.07, 6.45) is 0.704. The van der Waals surface area contributed by atoms with Gasteiger partial charge in [-0.2, -0.15) is 4.31 Å². The van der Waals surface area contributed by atoms with E-state index < -0.39 is 10.0 Å². The van der Waals surface area contributed by atoms with Crippen LogP contribution in [0.5, 0.6) is 0 Å². The molecule has 0 aliphatic carbocycles. The van der Waals surface area contributed by atoms with Crippen molar-refractivity contribution >= 4 is 33.1 Å². The molecule has 0 unspecified atom stereocenters. The Morgan fingerprint density at radius 2 is 1.59 bits per heavy atom. The summed E-state index contributed by atoms with van der Waals surface area (Å²) in [4.78, 5) is 17.1. The molecule has 0 N–H and O–H groups in total. The van der Waals surface area contributed by atoms with Crippen LogP contribution in [0.4, 0.5) is 5.69 Å². The van der Waals surface area contributed by atoms with Crippen LogP contribution in [-0.4, -0.2) is 69.2 Å². The number of benzene rings is 2. The van der Waals surface area contributed by atoms with E-state index in [1.165, 1.54) is 16.1 Å². The molecular weight excluding hydrogens is 410 g/mol. The molecule has 29 heavy (non-hydrogen) atoms. The third-order valence-corrected chi connectivity index (χ3v) is 7.73. The fraction of sp³-hybridized carbons (Fsp3) is 0.381. The molecule has 154 valence electrons. The number of sulfonamides is 1. The number of hydrogen-bond acceptors (Lipinski definition) is 5. The first-order valence-electron chi connectivity index (χ1n) is 9.80. The number of halogens is 1. The molecule has 2 aromatic rings. The van der Waals surface area contributed by atoms with Crippen LogP contribution in [0.3, 0.4) is 0 Å². The summed E-state index contributed by atoms with van der Waals surface area (Å²) in [5.41, 5.74) is 1.48. The van der Waals surface area contributed by atoms with Gasteiger partial charge in [0.1, 0.15) is 0 Å². The summed E-state index contributed by atoms with van der Waals surface area (Å²) in [5.74, 6) is -0.132. The summed E-state index contributed by atoms with van der Waals surface area (Å²) < 4.78 is 26.9. The minimum absolute atomic E-state index is 0.0658. The highest BCUT2D eigenvalue weighted by Gasteiger charge is 2.35. The van der Waals surface area contributed by atoms with E-state index in [1.54, 1.807) is 18.2 Å². The van der Waals surface area contributed by atoms with Gasteiger partial charge in [-0.3, -0.25) is 9.69 Å². The number of piperazine rings is 1. The lowest BCUT2D eigenvalue weighted by Gasteiger charge is -2.36. The molecule has 1 saturated heterocycles. The number of nitrogens with zero attached hydrogens (tertiary/aromatic N) is 3. The minimum Gasteiger partial charge on any atom is -0.369 e. The van der Waals surface area contributed by atoms with Crippen LogP contribution >= 0.6 is 11.6 Å². The molecule has 0 spiro atoms. The second-order valence-corrected chi connectivity index (χ2v) is 9.76. The van der Waals surface area contributed by atoms with Gasteiger partial charge in [0.05, 0.1) is 11.4 Å². The Kier molecular flexibility index (Phi) is 5.92. The second kappa shape index (κ2) is 8.44. The molecule has 0 saturated carbocycles. The van der Waals surface area contributed by atoms with Gasteiger partial charge in [0.2, 0.25) is 10.0 Å². The highest BCUT2D eigenvalue weighted by Crippen LogP contribution is 2.26. The van der Waals surface area contributed by atoms with Crippen LogP contribution < -0.4 is 4.90 Å². The van der Waals surface area contributed by atoms with Crippen molar-refractivity contribution in [1.82, 2.24) is 9.21 Å². The predicted molar refractivity (Wildman–Crippen MR) is 114 cm³/mol. The molecule has 0 atom stereocenters. The molecule has 4 rings (SSSR count). The quantitative estimate of drug-likeness (QED) is 0.725. The van der Waals surface area contributed by atoms with Gasteiger partial charge in [0.25, 0.3) is 0 Å². The first-order valence-corrected chi connectivity index (χ1v) is 11.6. The van der Waals surface area contributed by atoms with E-state index in [2.05, 4.69) is 9.80 Å². The SMILES string of the molecule is O=C1CN(CCCN2CCN(c3ccc(Cl)cc3)CC2)S(=O)(=O)c2ccccc21. The molecule has 0 amide bonds. The number of hydrogen-bond donors (Lipinski definition) is 0. The zero-order valence-corrected chi connectivity index (χ0v) is 17.7. The number of anilines is 1. The van der Waals surface area contributed by atoms with E-state index in [0.29, 0.717) is 18.5 Å². The monoisotopic (exact) mass is 433 g/mol. The summed E-state index contributed by atoms with van der Waals surface area (Å²) in [6, 6.07) is 14.3. The van der Waals surface area contributed by atoms with Crippen molar-refractivity contribution < 1.29 is 13.2 Å². The zero-order valence-electron chi connectivity index (χ0n) is 16.1. The number of Topliss-reactive ketones (excluding diaryl/α,β-unsaturated/α-hetero) is 1. The maximum Gasteiger partial charge on any atom is 0.244 e. The number of fused-ring (bicyclic) bond motifs is 1. The van der Waals surface area contributed by atoms with Crippen LogP contribution in [-0.2, 0) is 10.0 Å². The lowest BCUT2D eigenvalue weighted by molar-refractivity contribution is 0.0954. The largest absolute Gasteiger partial charge is 0.369 e. The lowest BCUT2D eigenvalue weighted by Crippen LogP contribution is -2.47. The molecule has 1 fully saturated rings. The van der Waals surface area contributed by atoms with Crippen molar-refractivity contribution in [1.29, 1.82) is 0 Å². The first kappa shape index (κ1) is 20.3. The van der Waals surface area contributed by atoms with Crippen molar-refractivity contribution in [2.75, 3.05) is 50.7 Å². The Morgan fingerprint density at radius 3 is 2.31 bits per heavy atom. The zero-order chi connectivity index (χ0) is 20.4. The number of carbonyl (C=O) groups is 1. The molecule has 8 heteroatoms. The summed E-state index contributed by atoms with van der Waals surface area (Å²) >= 11 is 5.96. The van der Waals surface area contributed by atoms with Gasteiger partial charge in [0.15, 0.2) is 5.78 Å². The van der Waals surface area contributed by atoms with Crippen molar-refractivity contribution in [2.45, 2.75) is 11.3 Å². The Morgan fingerprint density at radius 1 is 0.897 bits per heavy atom. The van der Waals surface area contributed by atoms with Gasteiger partial charge in [-0.1, -0.05) is 23.7 Å². The van der Waals surface area contributed by atoms with Gasteiger partial charge < -0.3 is 4.90 Å². The molecule has 0 radical (unpaired) electrons. The van der Waals surface area contributed by atoms with E-state index in [-0.39, 0.29) is 17.2 Å². The van der Waals surface area contributed by atoms with Crippen molar-refractivity contribution in [3.63, 3.8) is 0 Å². The first-order chi connectivity index (χ1) is 13.9. The van der Waals surface area contributed by atoms with Crippen LogP contribution in [0.1, 0.15) is 16.8 Å².